The Bertz CT molecular complexity index is 2130. The number of pyridine rings is 1. The van der Waals surface area contributed by atoms with Crippen molar-refractivity contribution in [2.45, 2.75) is 45.8 Å². The van der Waals surface area contributed by atoms with Crippen molar-refractivity contribution in [1.29, 1.82) is 0 Å². The number of rotatable bonds is 11. The number of nitrogen functional groups attached to an aromatic ring is 1. The molecule has 0 aliphatic rings. The van der Waals surface area contributed by atoms with E-state index in [1.54, 1.807) is 25.1 Å². The summed E-state index contributed by atoms with van der Waals surface area (Å²) in [6.45, 7) is 11.8. The standard InChI is InChI=1S/C32H37F2N7O5SSi/c1-19-13-29(46-28-10-8-7-9-22(28)33)37-18-27(19)41-31(35)21(17-38-41)30(42)25-15-20-14-23(34)26(16-24(20)39-25)40(47(36,43)44)11-12-45-48(5,6)32(2,3)4/h7-10,13-18,39H,11-12,35H2,1-6H3,(H2,36,43,44). The highest BCUT2D eigenvalue weighted by Gasteiger charge is 2.37. The summed E-state index contributed by atoms with van der Waals surface area (Å²) in [6, 6.07) is 11.4. The van der Waals surface area contributed by atoms with Crippen LogP contribution in [0.3, 0.4) is 0 Å². The van der Waals surface area contributed by atoms with Gasteiger partial charge in [-0.2, -0.15) is 13.5 Å². The Morgan fingerprint density at radius 3 is 2.44 bits per heavy atom. The van der Waals surface area contributed by atoms with Crippen LogP contribution < -0.4 is 19.9 Å². The molecule has 2 aromatic carbocycles. The normalized spacial score (nSPS) is 12.4. The molecular weight excluding hydrogens is 661 g/mol. The van der Waals surface area contributed by atoms with Crippen molar-refractivity contribution in [3.63, 3.8) is 0 Å². The maximum atomic E-state index is 15.4. The number of halogens is 2. The summed E-state index contributed by atoms with van der Waals surface area (Å²) in [6.07, 6.45) is 2.73. The fourth-order valence-corrected chi connectivity index (χ4v) is 6.53. The molecular formula is C32H37F2N7O5SSi. The van der Waals surface area contributed by atoms with Crippen LogP contribution in [0, 0.1) is 18.6 Å². The highest BCUT2D eigenvalue weighted by Crippen LogP contribution is 2.37. The van der Waals surface area contributed by atoms with E-state index >= 15 is 4.39 Å². The van der Waals surface area contributed by atoms with Crippen molar-refractivity contribution in [2.75, 3.05) is 23.2 Å². The summed E-state index contributed by atoms with van der Waals surface area (Å²) in [5, 5.41) is 9.97. The summed E-state index contributed by atoms with van der Waals surface area (Å²) in [4.78, 5) is 20.7. The molecule has 3 aromatic heterocycles. The number of para-hydroxylation sites is 1. The van der Waals surface area contributed by atoms with Gasteiger partial charge in [-0.15, -0.1) is 0 Å². The van der Waals surface area contributed by atoms with Crippen molar-refractivity contribution in [3.05, 3.63) is 89.4 Å². The van der Waals surface area contributed by atoms with Crippen LogP contribution in [-0.2, 0) is 14.6 Å². The van der Waals surface area contributed by atoms with E-state index in [0.717, 1.165) is 10.4 Å². The number of benzene rings is 2. The number of aromatic amines is 1. The molecule has 5 aromatic rings. The number of fused-ring (bicyclic) bond motifs is 1. The molecule has 0 atom stereocenters. The van der Waals surface area contributed by atoms with E-state index in [1.165, 1.54) is 41.3 Å². The molecule has 0 aliphatic carbocycles. The number of nitrogens with one attached hydrogen (secondary N) is 1. The van der Waals surface area contributed by atoms with Crippen LogP contribution in [0.25, 0.3) is 16.6 Å². The number of carbonyl (C=O) groups is 1. The third kappa shape index (κ3) is 6.96. The SMILES string of the molecule is Cc1cc(Oc2ccccc2F)ncc1-n1ncc(C(=O)c2cc3cc(F)c(N(CCO[Si](C)(C)C(C)(C)C)S(N)(=O)=O)cc3[nH]2)c1N. The fourth-order valence-electron chi connectivity index (χ4n) is 4.75. The van der Waals surface area contributed by atoms with E-state index < -0.39 is 35.9 Å². The second kappa shape index (κ2) is 12.8. The highest BCUT2D eigenvalue weighted by atomic mass is 32.2. The number of hydrogen-bond donors (Lipinski definition) is 3. The number of aryl methyl sites for hydroxylation is 1. The molecule has 12 nitrogen and oxygen atoms in total. The molecule has 0 spiro atoms. The Morgan fingerprint density at radius 2 is 1.79 bits per heavy atom. The molecule has 0 radical (unpaired) electrons. The Kier molecular flexibility index (Phi) is 9.22. The summed E-state index contributed by atoms with van der Waals surface area (Å²) >= 11 is 0. The van der Waals surface area contributed by atoms with Gasteiger partial charge in [0.25, 0.3) is 10.2 Å². The molecule has 5 rings (SSSR count). The van der Waals surface area contributed by atoms with Gasteiger partial charge in [-0.3, -0.25) is 9.10 Å². The number of hydrogen-bond acceptors (Lipinski definition) is 8. The maximum absolute atomic E-state index is 15.4. The minimum absolute atomic E-state index is 0.0124. The molecule has 16 heteroatoms. The van der Waals surface area contributed by atoms with Gasteiger partial charge < -0.3 is 19.9 Å². The van der Waals surface area contributed by atoms with Crippen LogP contribution in [0.4, 0.5) is 20.3 Å². The molecule has 0 fully saturated rings. The molecule has 0 amide bonds. The summed E-state index contributed by atoms with van der Waals surface area (Å²) in [7, 11) is -6.59. The lowest BCUT2D eigenvalue weighted by Gasteiger charge is -2.36. The van der Waals surface area contributed by atoms with Crippen molar-refractivity contribution >= 4 is 46.7 Å². The number of carbonyl (C=O) groups excluding carboxylic acids is 1. The van der Waals surface area contributed by atoms with Gasteiger partial charge in [0.05, 0.1) is 48.2 Å². The third-order valence-electron chi connectivity index (χ3n) is 8.46. The van der Waals surface area contributed by atoms with Crippen LogP contribution in [0.15, 0.2) is 60.9 Å². The number of nitrogens with two attached hydrogens (primary N) is 2. The van der Waals surface area contributed by atoms with E-state index in [1.807, 2.05) is 13.1 Å². The topological polar surface area (TPSA) is 171 Å². The van der Waals surface area contributed by atoms with Crippen LogP contribution in [-0.4, -0.2) is 55.4 Å². The number of nitrogens with zero attached hydrogens (tertiary/aromatic N) is 4. The van der Waals surface area contributed by atoms with Gasteiger partial charge in [-0.1, -0.05) is 32.9 Å². The van der Waals surface area contributed by atoms with E-state index in [9.17, 15) is 17.6 Å². The Balaban J connectivity index is 1.39. The quantitative estimate of drug-likeness (QED) is 0.112. The minimum Gasteiger partial charge on any atom is -0.436 e. The van der Waals surface area contributed by atoms with Crippen molar-refractivity contribution in [2.24, 2.45) is 5.14 Å². The largest absolute Gasteiger partial charge is 0.436 e. The number of H-pyrrole nitrogens is 1. The first-order chi connectivity index (χ1) is 22.4. The van der Waals surface area contributed by atoms with Crippen molar-refractivity contribution in [3.8, 4) is 17.3 Å². The van der Waals surface area contributed by atoms with Gasteiger partial charge in [-0.25, -0.2) is 23.6 Å². The molecule has 0 bridgehead atoms. The maximum Gasteiger partial charge on any atom is 0.299 e. The van der Waals surface area contributed by atoms with E-state index in [2.05, 4.69) is 35.8 Å². The van der Waals surface area contributed by atoms with Gasteiger partial charge in [0.15, 0.2) is 19.9 Å². The second-order valence-electron chi connectivity index (χ2n) is 12.8. The van der Waals surface area contributed by atoms with Gasteiger partial charge in [0.1, 0.15) is 11.6 Å². The second-order valence-corrected chi connectivity index (χ2v) is 19.1. The molecule has 0 unspecified atom stereocenters. The smallest absolute Gasteiger partial charge is 0.299 e. The molecule has 0 saturated heterocycles. The zero-order valence-corrected chi connectivity index (χ0v) is 29.2. The first-order valence-corrected chi connectivity index (χ1v) is 19.3. The van der Waals surface area contributed by atoms with Gasteiger partial charge >= 0.3 is 0 Å². The minimum atomic E-state index is -4.38. The van der Waals surface area contributed by atoms with Gasteiger partial charge in [0.2, 0.25) is 11.7 Å². The summed E-state index contributed by atoms with van der Waals surface area (Å²) in [5.41, 5.74) is 7.58. The molecule has 5 N–H and O–H groups in total. The third-order valence-corrected chi connectivity index (χ3v) is 14.0. The Hall–Kier alpha value is -4.64. The number of ketones is 1. The predicted molar refractivity (Wildman–Crippen MR) is 182 cm³/mol. The van der Waals surface area contributed by atoms with Crippen molar-refractivity contribution in [1.82, 2.24) is 19.7 Å². The first-order valence-electron chi connectivity index (χ1n) is 14.9. The number of anilines is 2. The zero-order chi connectivity index (χ0) is 35.2. The monoisotopic (exact) mass is 697 g/mol. The Morgan fingerprint density at radius 1 is 1.08 bits per heavy atom. The van der Waals surface area contributed by atoms with Crippen molar-refractivity contribution < 1.29 is 31.2 Å². The van der Waals surface area contributed by atoms with E-state index in [0.29, 0.717) is 22.2 Å². The molecule has 0 saturated carbocycles. The van der Waals surface area contributed by atoms with Crippen LogP contribution in [0.1, 0.15) is 42.4 Å². The fraction of sp³-hybridized carbons (Fsp3) is 0.281. The lowest BCUT2D eigenvalue weighted by molar-refractivity contribution is 0.103. The average molecular weight is 698 g/mol. The summed E-state index contributed by atoms with van der Waals surface area (Å²) in [5.74, 6) is -1.74. The van der Waals surface area contributed by atoms with E-state index in [-0.39, 0.29) is 52.6 Å². The van der Waals surface area contributed by atoms with Crippen LogP contribution in [0.2, 0.25) is 18.1 Å². The molecule has 3 heterocycles. The average Bonchev–Trinajstić information content (AvgIpc) is 3.58. The molecule has 48 heavy (non-hydrogen) atoms. The predicted octanol–water partition coefficient (Wildman–Crippen LogP) is 5.97. The van der Waals surface area contributed by atoms with Gasteiger partial charge in [-0.05, 0) is 61.0 Å². The van der Waals surface area contributed by atoms with Crippen LogP contribution >= 0.6 is 0 Å². The molecule has 254 valence electrons. The lowest BCUT2D eigenvalue weighted by atomic mass is 10.1. The first kappa shape index (κ1) is 34.7. The lowest BCUT2D eigenvalue weighted by Crippen LogP contribution is -2.45. The highest BCUT2D eigenvalue weighted by molar-refractivity contribution is 7.90. The number of ether oxygens (including phenoxy) is 1. The summed E-state index contributed by atoms with van der Waals surface area (Å²) < 4.78 is 68.2. The van der Waals surface area contributed by atoms with Gasteiger partial charge in [0, 0.05) is 17.0 Å². The Labute approximate surface area is 278 Å². The number of aromatic nitrogens is 4. The van der Waals surface area contributed by atoms with Crippen LogP contribution in [0.5, 0.6) is 11.6 Å². The zero-order valence-electron chi connectivity index (χ0n) is 27.3. The van der Waals surface area contributed by atoms with E-state index in [4.69, 9.17) is 20.0 Å². The molecule has 0 aliphatic heterocycles.